The number of ketones is 1. The topological polar surface area (TPSA) is 80.9 Å². The number of anilines is 2. The lowest BCUT2D eigenvalue weighted by Gasteiger charge is -2.14. The first kappa shape index (κ1) is 17.7. The third-order valence-electron chi connectivity index (χ3n) is 3.34. The summed E-state index contributed by atoms with van der Waals surface area (Å²) in [6.45, 7) is 2.54. The molecule has 0 fully saturated rings. The molecule has 0 atom stereocenters. The summed E-state index contributed by atoms with van der Waals surface area (Å²) in [5, 5.41) is 2.91. The van der Waals surface area contributed by atoms with E-state index in [2.05, 4.69) is 15.3 Å². The Hall–Kier alpha value is -2.64. The molecule has 0 aliphatic rings. The van der Waals surface area contributed by atoms with E-state index >= 15 is 0 Å². The fourth-order valence-corrected chi connectivity index (χ4v) is 2.09. The van der Waals surface area contributed by atoms with Gasteiger partial charge in [0.2, 0.25) is 5.78 Å². The van der Waals surface area contributed by atoms with Crippen LogP contribution in [0.25, 0.3) is 0 Å². The molecule has 5 nitrogen and oxygen atoms in total. The Morgan fingerprint density at radius 1 is 1.29 bits per heavy atom. The van der Waals surface area contributed by atoms with E-state index in [0.29, 0.717) is 6.54 Å². The molecule has 128 valence electrons. The van der Waals surface area contributed by atoms with Gasteiger partial charge in [-0.05, 0) is 30.7 Å². The number of pyridine rings is 2. The first-order chi connectivity index (χ1) is 11.3. The maximum absolute atomic E-state index is 13.2. The third-order valence-corrected chi connectivity index (χ3v) is 3.34. The number of hydrogen-bond donors (Lipinski definition) is 2. The number of unbranched alkanes of at least 4 members (excludes halogenated alkanes) is 1. The van der Waals surface area contributed by atoms with Crippen LogP contribution in [0.2, 0.25) is 0 Å². The quantitative estimate of drug-likeness (QED) is 0.622. The van der Waals surface area contributed by atoms with Crippen molar-refractivity contribution in [1.82, 2.24) is 9.97 Å². The molecule has 0 amide bonds. The molecule has 2 heterocycles. The third kappa shape index (κ3) is 4.01. The van der Waals surface area contributed by atoms with Crippen LogP contribution in [0.1, 0.15) is 41.4 Å². The highest BCUT2D eigenvalue weighted by Gasteiger charge is 2.37. The lowest BCUT2D eigenvalue weighted by Crippen LogP contribution is -2.18. The molecular weight excluding hydrogens is 321 g/mol. The van der Waals surface area contributed by atoms with Crippen molar-refractivity contribution >= 4 is 17.4 Å². The van der Waals surface area contributed by atoms with Crippen LogP contribution in [0.3, 0.4) is 0 Å². The number of halogens is 3. The number of hydrogen-bond acceptors (Lipinski definition) is 5. The number of carbonyl (C=O) groups is 1. The van der Waals surface area contributed by atoms with Crippen LogP contribution in [-0.2, 0) is 6.18 Å². The first-order valence-electron chi connectivity index (χ1n) is 7.42. The maximum Gasteiger partial charge on any atom is 0.418 e. The predicted octanol–water partition coefficient (Wildman–Crippen LogP) is 3.52. The summed E-state index contributed by atoms with van der Waals surface area (Å²) in [6, 6.07) is 4.81. The lowest BCUT2D eigenvalue weighted by molar-refractivity contribution is -0.138. The number of aromatic nitrogens is 2. The van der Waals surface area contributed by atoms with E-state index in [1.165, 1.54) is 24.4 Å². The second-order valence-corrected chi connectivity index (χ2v) is 5.14. The van der Waals surface area contributed by atoms with Crippen LogP contribution in [0, 0.1) is 0 Å². The zero-order valence-corrected chi connectivity index (χ0v) is 13.0. The highest BCUT2D eigenvalue weighted by molar-refractivity contribution is 6.11. The second kappa shape index (κ2) is 7.29. The summed E-state index contributed by atoms with van der Waals surface area (Å²) < 4.78 is 39.6. The minimum absolute atomic E-state index is 0.110. The van der Waals surface area contributed by atoms with E-state index in [0.717, 1.165) is 18.9 Å². The molecule has 0 saturated heterocycles. The average Bonchev–Trinajstić information content (AvgIpc) is 2.54. The zero-order valence-electron chi connectivity index (χ0n) is 13.0. The summed E-state index contributed by atoms with van der Waals surface area (Å²) in [6.07, 6.45) is -1.59. The van der Waals surface area contributed by atoms with Crippen LogP contribution in [0.15, 0.2) is 30.5 Å². The van der Waals surface area contributed by atoms with Crippen LogP contribution in [-0.4, -0.2) is 22.3 Å². The van der Waals surface area contributed by atoms with Crippen molar-refractivity contribution in [1.29, 1.82) is 0 Å². The number of rotatable bonds is 6. The Labute approximate surface area is 137 Å². The van der Waals surface area contributed by atoms with E-state index in [4.69, 9.17) is 5.73 Å². The Morgan fingerprint density at radius 3 is 2.67 bits per heavy atom. The van der Waals surface area contributed by atoms with Gasteiger partial charge in [0.25, 0.3) is 0 Å². The van der Waals surface area contributed by atoms with Crippen molar-refractivity contribution < 1.29 is 18.0 Å². The Balaban J connectivity index is 2.46. The molecule has 0 spiro atoms. The highest BCUT2D eigenvalue weighted by atomic mass is 19.4. The van der Waals surface area contributed by atoms with Gasteiger partial charge in [0.1, 0.15) is 17.3 Å². The second-order valence-electron chi connectivity index (χ2n) is 5.14. The zero-order chi connectivity index (χ0) is 17.7. The smallest absolute Gasteiger partial charge is 0.383 e. The van der Waals surface area contributed by atoms with Crippen molar-refractivity contribution in [3.63, 3.8) is 0 Å². The van der Waals surface area contributed by atoms with Crippen molar-refractivity contribution in [3.8, 4) is 0 Å². The van der Waals surface area contributed by atoms with Gasteiger partial charge in [-0.1, -0.05) is 13.3 Å². The predicted molar refractivity (Wildman–Crippen MR) is 84.7 cm³/mol. The summed E-state index contributed by atoms with van der Waals surface area (Å²) >= 11 is 0. The molecular formula is C16H17F3N4O. The molecule has 0 aromatic carbocycles. The van der Waals surface area contributed by atoms with Gasteiger partial charge in [-0.2, -0.15) is 13.2 Å². The molecule has 2 aromatic heterocycles. The van der Waals surface area contributed by atoms with E-state index in [1.807, 2.05) is 6.92 Å². The minimum Gasteiger partial charge on any atom is -0.383 e. The standard InChI is InChI=1S/C16H17F3N4O/c1-2-3-8-21-12-7-6-11(16(17,18)19)13(23-12)14(24)10-5-4-9-22-15(10)20/h4-7,9H,2-3,8H2,1H3,(H2,20,22)(H,21,23). The summed E-state index contributed by atoms with van der Waals surface area (Å²) in [7, 11) is 0. The van der Waals surface area contributed by atoms with Crippen LogP contribution in [0.5, 0.6) is 0 Å². The first-order valence-corrected chi connectivity index (χ1v) is 7.42. The number of nitrogens with one attached hydrogen (secondary N) is 1. The summed E-state index contributed by atoms with van der Waals surface area (Å²) in [4.78, 5) is 20.1. The Morgan fingerprint density at radius 2 is 2.04 bits per heavy atom. The van der Waals surface area contributed by atoms with Gasteiger partial charge in [0.15, 0.2) is 0 Å². The number of carbonyl (C=O) groups excluding carboxylic acids is 1. The number of alkyl halides is 3. The molecule has 0 radical (unpaired) electrons. The van der Waals surface area contributed by atoms with Gasteiger partial charge in [0.05, 0.1) is 11.1 Å². The number of nitrogens with two attached hydrogens (primary N) is 1. The number of nitrogens with zero attached hydrogens (tertiary/aromatic N) is 2. The van der Waals surface area contributed by atoms with Gasteiger partial charge in [-0.25, -0.2) is 9.97 Å². The fourth-order valence-electron chi connectivity index (χ4n) is 2.09. The van der Waals surface area contributed by atoms with Crippen molar-refractivity contribution in [2.75, 3.05) is 17.6 Å². The normalized spacial score (nSPS) is 11.3. The van der Waals surface area contributed by atoms with E-state index < -0.39 is 23.2 Å². The van der Waals surface area contributed by atoms with Gasteiger partial charge in [-0.15, -0.1) is 0 Å². The molecule has 0 unspecified atom stereocenters. The van der Waals surface area contributed by atoms with Gasteiger partial charge in [-0.3, -0.25) is 4.79 Å². The molecule has 3 N–H and O–H groups in total. The maximum atomic E-state index is 13.2. The van der Waals surface area contributed by atoms with Crippen molar-refractivity contribution in [3.05, 3.63) is 47.3 Å². The van der Waals surface area contributed by atoms with Gasteiger partial charge < -0.3 is 11.1 Å². The monoisotopic (exact) mass is 338 g/mol. The Bertz CT molecular complexity index is 732. The SMILES string of the molecule is CCCCNc1ccc(C(F)(F)F)c(C(=O)c2cccnc2N)n1. The van der Waals surface area contributed by atoms with Gasteiger partial charge >= 0.3 is 6.18 Å². The molecule has 0 bridgehead atoms. The van der Waals surface area contributed by atoms with Crippen LogP contribution in [0.4, 0.5) is 24.8 Å². The minimum atomic E-state index is -4.70. The Kier molecular flexibility index (Phi) is 5.38. The summed E-state index contributed by atoms with van der Waals surface area (Å²) in [5.74, 6) is -0.837. The largest absolute Gasteiger partial charge is 0.418 e. The fraction of sp³-hybridized carbons (Fsp3) is 0.312. The lowest BCUT2D eigenvalue weighted by atomic mass is 10.0. The highest BCUT2D eigenvalue weighted by Crippen LogP contribution is 2.33. The molecule has 8 heteroatoms. The molecule has 0 aliphatic carbocycles. The molecule has 24 heavy (non-hydrogen) atoms. The molecule has 0 aliphatic heterocycles. The molecule has 2 rings (SSSR count). The summed E-state index contributed by atoms with van der Waals surface area (Å²) in [5.41, 5.74) is 3.70. The van der Waals surface area contributed by atoms with Crippen LogP contribution < -0.4 is 11.1 Å². The molecule has 2 aromatic rings. The van der Waals surface area contributed by atoms with Crippen molar-refractivity contribution in [2.45, 2.75) is 25.9 Å². The number of nitrogen functional groups attached to an aromatic ring is 1. The van der Waals surface area contributed by atoms with E-state index in [-0.39, 0.29) is 17.2 Å². The van der Waals surface area contributed by atoms with E-state index in [1.54, 1.807) is 0 Å². The van der Waals surface area contributed by atoms with Crippen molar-refractivity contribution in [2.24, 2.45) is 0 Å². The average molecular weight is 338 g/mol. The molecule has 0 saturated carbocycles. The van der Waals surface area contributed by atoms with E-state index in [9.17, 15) is 18.0 Å². The van der Waals surface area contributed by atoms with Crippen LogP contribution >= 0.6 is 0 Å². The van der Waals surface area contributed by atoms with Gasteiger partial charge in [0, 0.05) is 12.7 Å².